The minimum Gasteiger partial charge on any atom is -0.361 e. The second-order valence-corrected chi connectivity index (χ2v) is 14.7. The zero-order valence-electron chi connectivity index (χ0n) is 14.6. The molecule has 3 aromatic rings. The van der Waals surface area contributed by atoms with Crippen LogP contribution in [0.15, 0.2) is 12.3 Å². The van der Waals surface area contributed by atoms with Crippen molar-refractivity contribution < 1.29 is 4.74 Å². The molecule has 3 aromatic heterocycles. The smallest absolute Gasteiger partial charge is 0.225 e. The molecule has 0 N–H and O–H groups in total. The highest BCUT2D eigenvalue weighted by atomic mass is 35.5. The Morgan fingerprint density at radius 3 is 2.64 bits per heavy atom. The van der Waals surface area contributed by atoms with E-state index in [-0.39, 0.29) is 5.28 Å². The predicted octanol–water partition coefficient (Wildman–Crippen LogP) is 5.48. The monoisotopic (exact) mass is 414 g/mol. The number of hydrogen-bond donors (Lipinski definition) is 0. The Morgan fingerprint density at radius 2 is 2.00 bits per heavy atom. The summed E-state index contributed by atoms with van der Waals surface area (Å²) in [5.74, 6) is 0. The van der Waals surface area contributed by atoms with E-state index in [9.17, 15) is 0 Å². The number of thiazole rings is 1. The maximum atomic E-state index is 6.26. The highest BCUT2D eigenvalue weighted by molar-refractivity contribution is 7.14. The average Bonchev–Trinajstić information content (AvgIpc) is 3.07. The first kappa shape index (κ1) is 18.8. The van der Waals surface area contributed by atoms with Crippen LogP contribution in [-0.2, 0) is 11.5 Å². The van der Waals surface area contributed by atoms with Crippen molar-refractivity contribution in [3.8, 4) is 10.7 Å². The Balaban J connectivity index is 1.98. The molecule has 0 unspecified atom stereocenters. The predicted molar refractivity (Wildman–Crippen MR) is 107 cm³/mol. The SMILES string of the molecule is Cc1cnc(-c2cc3c(Cl)nc(Cl)nc3n2COCC[Si](C)(C)C)s1. The van der Waals surface area contributed by atoms with Crippen LogP contribution in [0.1, 0.15) is 4.88 Å². The zero-order valence-corrected chi connectivity index (χ0v) is 18.0. The number of hydrogen-bond acceptors (Lipinski definition) is 5. The molecule has 0 spiro atoms. The minimum atomic E-state index is -1.14. The average molecular weight is 415 g/mol. The first-order valence-electron chi connectivity index (χ1n) is 7.97. The lowest BCUT2D eigenvalue weighted by Crippen LogP contribution is -2.22. The molecule has 0 saturated carbocycles. The second-order valence-electron chi connectivity index (χ2n) is 7.10. The van der Waals surface area contributed by atoms with Gasteiger partial charge in [-0.2, -0.15) is 4.98 Å². The van der Waals surface area contributed by atoms with Crippen molar-refractivity contribution in [2.45, 2.75) is 39.3 Å². The van der Waals surface area contributed by atoms with Gasteiger partial charge in [0.05, 0.1) is 11.1 Å². The van der Waals surface area contributed by atoms with Gasteiger partial charge in [-0.1, -0.05) is 31.2 Å². The first-order valence-corrected chi connectivity index (χ1v) is 13.3. The minimum absolute atomic E-state index is 0.126. The van der Waals surface area contributed by atoms with Gasteiger partial charge in [0.15, 0.2) is 0 Å². The molecule has 0 aliphatic carbocycles. The largest absolute Gasteiger partial charge is 0.361 e. The van der Waals surface area contributed by atoms with E-state index in [0.29, 0.717) is 17.5 Å². The number of rotatable bonds is 6. The molecule has 0 atom stereocenters. The number of aryl methyl sites for hydroxylation is 1. The van der Waals surface area contributed by atoms with Crippen LogP contribution in [0, 0.1) is 6.92 Å². The van der Waals surface area contributed by atoms with Crippen LogP contribution in [0.3, 0.4) is 0 Å². The molecule has 0 aliphatic rings. The molecule has 0 bridgehead atoms. The van der Waals surface area contributed by atoms with E-state index >= 15 is 0 Å². The highest BCUT2D eigenvalue weighted by Gasteiger charge is 2.19. The van der Waals surface area contributed by atoms with Crippen LogP contribution >= 0.6 is 34.5 Å². The van der Waals surface area contributed by atoms with Gasteiger partial charge in [-0.15, -0.1) is 11.3 Å². The lowest BCUT2D eigenvalue weighted by molar-refractivity contribution is 0.0909. The van der Waals surface area contributed by atoms with Crippen LogP contribution in [0.2, 0.25) is 36.1 Å². The van der Waals surface area contributed by atoms with Gasteiger partial charge in [0.25, 0.3) is 0 Å². The van der Waals surface area contributed by atoms with Gasteiger partial charge < -0.3 is 4.74 Å². The van der Waals surface area contributed by atoms with Crippen molar-refractivity contribution in [3.63, 3.8) is 0 Å². The van der Waals surface area contributed by atoms with Crippen LogP contribution in [0.25, 0.3) is 21.7 Å². The Labute approximate surface area is 162 Å². The molecular weight excluding hydrogens is 395 g/mol. The van der Waals surface area contributed by atoms with E-state index < -0.39 is 8.07 Å². The fraction of sp³-hybridized carbons (Fsp3) is 0.438. The number of nitrogens with zero attached hydrogens (tertiary/aromatic N) is 4. The van der Waals surface area contributed by atoms with E-state index in [0.717, 1.165) is 33.6 Å². The quantitative estimate of drug-likeness (QED) is 0.231. The molecule has 0 fully saturated rings. The molecule has 3 heterocycles. The number of aromatic nitrogens is 4. The fourth-order valence-corrected chi connectivity index (χ4v) is 4.35. The number of fused-ring (bicyclic) bond motifs is 1. The summed E-state index contributed by atoms with van der Waals surface area (Å²) in [5, 5.41) is 2.12. The Hall–Kier alpha value is -0.993. The molecule has 0 aliphatic heterocycles. The van der Waals surface area contributed by atoms with E-state index in [4.69, 9.17) is 27.9 Å². The number of halogens is 2. The Bertz CT molecular complexity index is 904. The van der Waals surface area contributed by atoms with E-state index in [1.165, 1.54) is 0 Å². The van der Waals surface area contributed by atoms with Gasteiger partial charge in [-0.25, -0.2) is 9.97 Å². The highest BCUT2D eigenvalue weighted by Crippen LogP contribution is 2.33. The van der Waals surface area contributed by atoms with Crippen LogP contribution in [0.4, 0.5) is 0 Å². The van der Waals surface area contributed by atoms with E-state index in [1.54, 1.807) is 11.3 Å². The van der Waals surface area contributed by atoms with Crippen molar-refractivity contribution in [1.29, 1.82) is 0 Å². The van der Waals surface area contributed by atoms with Crippen LogP contribution < -0.4 is 0 Å². The summed E-state index contributed by atoms with van der Waals surface area (Å²) in [7, 11) is -1.14. The van der Waals surface area contributed by atoms with Crippen LogP contribution in [0.5, 0.6) is 0 Å². The molecule has 25 heavy (non-hydrogen) atoms. The summed E-state index contributed by atoms with van der Waals surface area (Å²) in [6.07, 6.45) is 1.86. The van der Waals surface area contributed by atoms with Crippen molar-refractivity contribution in [3.05, 3.63) is 27.6 Å². The van der Waals surface area contributed by atoms with Gasteiger partial charge in [-0.3, -0.25) is 4.57 Å². The molecule has 0 amide bonds. The molecule has 3 rings (SSSR count). The van der Waals surface area contributed by atoms with Gasteiger partial charge in [0.2, 0.25) is 5.28 Å². The van der Waals surface area contributed by atoms with Gasteiger partial charge >= 0.3 is 0 Å². The van der Waals surface area contributed by atoms with Gasteiger partial charge in [0.1, 0.15) is 22.5 Å². The summed E-state index contributed by atoms with van der Waals surface area (Å²) < 4.78 is 7.91. The molecule has 9 heteroatoms. The van der Waals surface area contributed by atoms with Crippen molar-refractivity contribution in [1.82, 2.24) is 19.5 Å². The third-order valence-electron chi connectivity index (χ3n) is 3.74. The lowest BCUT2D eigenvalue weighted by Gasteiger charge is -2.16. The number of ether oxygens (including phenoxy) is 1. The third-order valence-corrected chi connectivity index (χ3v) is 6.83. The standard InChI is InChI=1S/C16H20Cl2N4OSSi/c1-10-8-19-15(24-10)12-7-11-13(17)20-16(18)21-14(11)22(12)9-23-5-6-25(2,3)4/h7-8H,5-6,9H2,1-4H3. The third kappa shape index (κ3) is 4.41. The summed E-state index contributed by atoms with van der Waals surface area (Å²) in [4.78, 5) is 14.0. The van der Waals surface area contributed by atoms with E-state index in [2.05, 4.69) is 34.6 Å². The lowest BCUT2D eigenvalue weighted by atomic mass is 10.4. The van der Waals surface area contributed by atoms with Crippen molar-refractivity contribution in [2.75, 3.05) is 6.61 Å². The normalized spacial score (nSPS) is 12.2. The Morgan fingerprint density at radius 1 is 1.24 bits per heavy atom. The first-order chi connectivity index (χ1) is 11.7. The maximum Gasteiger partial charge on any atom is 0.225 e. The molecular formula is C16H20Cl2N4OSSi. The van der Waals surface area contributed by atoms with E-state index in [1.807, 2.05) is 23.8 Å². The van der Waals surface area contributed by atoms with Crippen molar-refractivity contribution in [2.24, 2.45) is 0 Å². The fourth-order valence-electron chi connectivity index (χ4n) is 2.38. The maximum absolute atomic E-state index is 6.26. The molecule has 134 valence electrons. The topological polar surface area (TPSA) is 52.8 Å². The molecule has 0 radical (unpaired) electrons. The summed E-state index contributed by atoms with van der Waals surface area (Å²) in [5.41, 5.74) is 1.58. The molecule has 0 aromatic carbocycles. The Kier molecular flexibility index (Phi) is 5.50. The summed E-state index contributed by atoms with van der Waals surface area (Å²) >= 11 is 13.9. The summed E-state index contributed by atoms with van der Waals surface area (Å²) in [6, 6.07) is 3.06. The van der Waals surface area contributed by atoms with Crippen LogP contribution in [-0.4, -0.2) is 34.2 Å². The van der Waals surface area contributed by atoms with Gasteiger partial charge in [-0.05, 0) is 30.6 Å². The molecule has 0 saturated heterocycles. The summed E-state index contributed by atoms with van der Waals surface area (Å²) in [6.45, 7) is 10.1. The molecule has 5 nitrogen and oxygen atoms in total. The van der Waals surface area contributed by atoms with Gasteiger partial charge in [0, 0.05) is 25.8 Å². The second kappa shape index (κ2) is 7.32. The van der Waals surface area contributed by atoms with Crippen molar-refractivity contribution >= 4 is 53.6 Å². The zero-order chi connectivity index (χ0) is 18.2.